The molecule has 0 radical (unpaired) electrons. The maximum atomic E-state index is 14.3. The summed E-state index contributed by atoms with van der Waals surface area (Å²) in [4.78, 5) is 29.8. The highest BCUT2D eigenvalue weighted by atomic mass is 16.3. The largest absolute Gasteiger partial charge is 0.871 e. The number of carbonyl (C=O) groups is 2. The second-order valence-corrected chi connectivity index (χ2v) is 15.2. The van der Waals surface area contributed by atoms with Crippen LogP contribution in [0.1, 0.15) is 118 Å². The van der Waals surface area contributed by atoms with Crippen LogP contribution in [-0.4, -0.2) is 34.9 Å². The Hall–Kier alpha value is -3.73. The molecule has 0 bridgehead atoms. The molecule has 2 heterocycles. The predicted molar refractivity (Wildman–Crippen MR) is 196 cm³/mol. The van der Waals surface area contributed by atoms with Gasteiger partial charge in [0.2, 0.25) is 17.3 Å². The first kappa shape index (κ1) is 35.6. The number of anilines is 1. The monoisotopic (exact) mass is 648 g/mol. The fourth-order valence-corrected chi connectivity index (χ4v) is 8.08. The van der Waals surface area contributed by atoms with Crippen molar-refractivity contribution in [2.45, 2.75) is 118 Å². The summed E-state index contributed by atoms with van der Waals surface area (Å²) in [6.07, 6.45) is 12.5. The number of hydrogen-bond donors (Lipinski definition) is 0. The van der Waals surface area contributed by atoms with Crippen LogP contribution in [0.5, 0.6) is 0 Å². The fourth-order valence-electron chi connectivity index (χ4n) is 8.08. The Kier molecular flexibility index (Phi) is 10.7. The number of ketones is 2. The molecule has 0 saturated carbocycles. The van der Waals surface area contributed by atoms with Gasteiger partial charge in [-0.05, 0) is 56.7 Å². The van der Waals surface area contributed by atoms with E-state index in [4.69, 9.17) is 0 Å². The molecular weight excluding hydrogens is 592 g/mol. The predicted octanol–water partition coefficient (Wildman–Crippen LogP) is 8.87. The molecule has 5 rings (SSSR count). The van der Waals surface area contributed by atoms with E-state index in [-0.39, 0.29) is 11.1 Å². The lowest BCUT2D eigenvalue weighted by atomic mass is 9.81. The molecule has 48 heavy (non-hydrogen) atoms. The molecule has 5 nitrogen and oxygen atoms in total. The number of fused-ring (bicyclic) bond motifs is 2. The zero-order valence-electron chi connectivity index (χ0n) is 30.6. The molecule has 5 heteroatoms. The van der Waals surface area contributed by atoms with Gasteiger partial charge >= 0.3 is 0 Å². The normalized spacial score (nSPS) is 21.1. The Balaban J connectivity index is 1.62. The van der Waals surface area contributed by atoms with Gasteiger partial charge in [0, 0.05) is 58.1 Å². The van der Waals surface area contributed by atoms with Crippen LogP contribution < -0.4 is 10.0 Å². The van der Waals surface area contributed by atoms with E-state index in [1.54, 1.807) is 12.2 Å². The van der Waals surface area contributed by atoms with Crippen molar-refractivity contribution in [2.24, 2.45) is 11.8 Å². The van der Waals surface area contributed by atoms with Gasteiger partial charge in [0.1, 0.15) is 0 Å². The van der Waals surface area contributed by atoms with E-state index in [2.05, 4.69) is 113 Å². The molecule has 0 saturated heterocycles. The lowest BCUT2D eigenvalue weighted by Crippen LogP contribution is -2.31. The number of nitrogens with zero attached hydrogens (tertiary/aromatic N) is 2. The molecule has 2 aliphatic heterocycles. The van der Waals surface area contributed by atoms with Crippen molar-refractivity contribution in [2.75, 3.05) is 18.0 Å². The smallest absolute Gasteiger partial charge is 0.233 e. The van der Waals surface area contributed by atoms with Crippen LogP contribution in [0.2, 0.25) is 0 Å². The minimum atomic E-state index is -0.696. The van der Waals surface area contributed by atoms with Crippen LogP contribution >= 0.6 is 0 Å². The van der Waals surface area contributed by atoms with E-state index in [0.717, 1.165) is 74.4 Å². The van der Waals surface area contributed by atoms with Crippen molar-refractivity contribution in [3.8, 4) is 0 Å². The zero-order chi connectivity index (χ0) is 34.8. The van der Waals surface area contributed by atoms with Gasteiger partial charge in [-0.25, -0.2) is 0 Å². The number of Topliss-reactive ketones (excluding diaryl/α,β-unsaturated/α-hetero) is 2. The van der Waals surface area contributed by atoms with E-state index in [9.17, 15) is 14.7 Å². The lowest BCUT2D eigenvalue weighted by Gasteiger charge is -2.31. The van der Waals surface area contributed by atoms with Gasteiger partial charge in [0.25, 0.3) is 0 Å². The van der Waals surface area contributed by atoms with Gasteiger partial charge in [-0.1, -0.05) is 116 Å². The number of benzene rings is 2. The molecule has 2 aromatic rings. The van der Waals surface area contributed by atoms with E-state index in [0.29, 0.717) is 11.8 Å². The minimum absolute atomic E-state index is 0.0106. The van der Waals surface area contributed by atoms with Crippen molar-refractivity contribution >= 4 is 28.7 Å². The van der Waals surface area contributed by atoms with Crippen molar-refractivity contribution < 1.29 is 19.3 Å². The third-order valence-corrected chi connectivity index (χ3v) is 11.3. The summed E-state index contributed by atoms with van der Waals surface area (Å²) >= 11 is 0. The summed E-state index contributed by atoms with van der Waals surface area (Å²) < 4.78 is 2.31. The Morgan fingerprint density at radius 1 is 0.771 bits per heavy atom. The van der Waals surface area contributed by atoms with Crippen LogP contribution in [0.4, 0.5) is 11.4 Å². The molecule has 0 amide bonds. The first-order chi connectivity index (χ1) is 22.9. The quantitative estimate of drug-likeness (QED) is 0.117. The van der Waals surface area contributed by atoms with Gasteiger partial charge in [-0.2, -0.15) is 4.58 Å². The van der Waals surface area contributed by atoms with Crippen molar-refractivity contribution in [3.63, 3.8) is 0 Å². The standard InChI is InChI=1S/C43H56N2O3/c1-9-13-19-29(11-3)27-44-35-23-17-15-21-33(35)42(5,6)37(44)25-31-39(46)32(41(48)40(31)47)26-38-43(7,8)34-22-16-18-24-36(34)45(38)28-30(12-4)20-14-10-2/h15-18,21-26,29-30H,9-14,19-20,27-28H2,1-8H3. The summed E-state index contributed by atoms with van der Waals surface area (Å²) in [7, 11) is 0. The van der Waals surface area contributed by atoms with Gasteiger partial charge in [-0.3, -0.25) is 9.59 Å². The Bertz CT molecular complexity index is 1680. The van der Waals surface area contributed by atoms with E-state index in [1.165, 1.54) is 24.0 Å². The molecule has 2 aromatic carbocycles. The highest BCUT2D eigenvalue weighted by Gasteiger charge is 2.47. The maximum Gasteiger partial charge on any atom is 0.233 e. The molecule has 0 N–H and O–H groups in total. The highest BCUT2D eigenvalue weighted by molar-refractivity contribution is 6.54. The number of para-hydroxylation sites is 2. The summed E-state index contributed by atoms with van der Waals surface area (Å²) in [5.74, 6) is -0.897. The molecule has 0 spiro atoms. The molecular formula is C43H56N2O3. The third-order valence-electron chi connectivity index (χ3n) is 11.3. The third kappa shape index (κ3) is 6.37. The maximum absolute atomic E-state index is 14.3. The summed E-state index contributed by atoms with van der Waals surface area (Å²) in [5.41, 5.74) is 5.52. The number of carbonyl (C=O) groups excluding carboxylic acids is 2. The number of unbranched alkanes of at least 4 members (excludes halogenated alkanes) is 2. The van der Waals surface area contributed by atoms with Gasteiger partial charge in [0.05, 0.1) is 5.41 Å². The van der Waals surface area contributed by atoms with E-state index in [1.807, 2.05) is 0 Å². The fraction of sp³-hybridized carbons (Fsp3) is 0.512. The first-order valence-electron chi connectivity index (χ1n) is 18.5. The Morgan fingerprint density at radius 2 is 1.38 bits per heavy atom. The number of rotatable bonds is 14. The van der Waals surface area contributed by atoms with Gasteiger partial charge in [-0.15, -0.1) is 0 Å². The van der Waals surface area contributed by atoms with Gasteiger partial charge in [0.15, 0.2) is 12.3 Å². The average molecular weight is 649 g/mol. The van der Waals surface area contributed by atoms with Crippen molar-refractivity contribution in [3.05, 3.63) is 94.4 Å². The molecule has 0 fully saturated rings. The highest BCUT2D eigenvalue weighted by Crippen LogP contribution is 2.49. The average Bonchev–Trinajstić information content (AvgIpc) is 3.52. The van der Waals surface area contributed by atoms with Crippen LogP contribution in [0.25, 0.3) is 0 Å². The summed E-state index contributed by atoms with van der Waals surface area (Å²) in [6, 6.07) is 16.8. The Labute approximate surface area is 289 Å². The second kappa shape index (κ2) is 14.4. The van der Waals surface area contributed by atoms with E-state index >= 15 is 0 Å². The molecule has 0 aromatic heterocycles. The first-order valence-corrected chi connectivity index (χ1v) is 18.5. The van der Waals surface area contributed by atoms with Crippen molar-refractivity contribution in [1.82, 2.24) is 0 Å². The number of allylic oxidation sites excluding steroid dienone is 5. The second-order valence-electron chi connectivity index (χ2n) is 15.2. The SMILES string of the molecule is CCCCC(CC)CN1/C(=C\C2=C([O-])C(=C/C3=[N+](CC(CC)CCCC)c4ccccc4C3(C)C)/C(=O)C2=O)C(C)(C)c2ccccc21. The number of hydrogen-bond acceptors (Lipinski definition) is 4. The molecule has 256 valence electrons. The van der Waals surface area contributed by atoms with Crippen LogP contribution in [0.15, 0.2) is 83.3 Å². The topological polar surface area (TPSA) is 63.4 Å². The van der Waals surface area contributed by atoms with Crippen LogP contribution in [0, 0.1) is 11.8 Å². The van der Waals surface area contributed by atoms with E-state index < -0.39 is 28.2 Å². The summed E-state index contributed by atoms with van der Waals surface area (Å²) in [5, 5.41) is 14.3. The molecule has 1 aliphatic carbocycles. The molecule has 2 unspecified atom stereocenters. The van der Waals surface area contributed by atoms with Crippen molar-refractivity contribution in [1.29, 1.82) is 0 Å². The van der Waals surface area contributed by atoms with Crippen LogP contribution in [0.3, 0.4) is 0 Å². The summed E-state index contributed by atoms with van der Waals surface area (Å²) in [6.45, 7) is 19.2. The molecule has 3 aliphatic rings. The molecule has 2 atom stereocenters. The zero-order valence-corrected chi connectivity index (χ0v) is 30.6. The minimum Gasteiger partial charge on any atom is -0.871 e. The van der Waals surface area contributed by atoms with Crippen LogP contribution in [-0.2, 0) is 20.4 Å². The van der Waals surface area contributed by atoms with Gasteiger partial charge < -0.3 is 10.0 Å². The Morgan fingerprint density at radius 3 is 2.02 bits per heavy atom. The lowest BCUT2D eigenvalue weighted by molar-refractivity contribution is -0.447.